The van der Waals surface area contributed by atoms with Crippen molar-refractivity contribution in [2.75, 3.05) is 57.3 Å². The molecule has 40 heavy (non-hydrogen) atoms. The number of likely N-dealkylation sites (tertiary alicyclic amines) is 3. The number of aryl methyl sites for hydroxylation is 1. The molecular weight excluding hydrogens is 549 g/mol. The molecule has 2 aromatic rings. The Morgan fingerprint density at radius 1 is 0.975 bits per heavy atom. The normalized spacial score (nSPS) is 21.5. The Balaban J connectivity index is 1.16. The smallest absolute Gasteiger partial charge is 0.255 e. The van der Waals surface area contributed by atoms with Crippen LogP contribution in [0.4, 0.5) is 5.69 Å². The summed E-state index contributed by atoms with van der Waals surface area (Å²) in [5.74, 6) is 0.962. The maximum Gasteiger partial charge on any atom is 0.255 e. The fourth-order valence-electron chi connectivity index (χ4n) is 6.39. The van der Waals surface area contributed by atoms with Gasteiger partial charge >= 0.3 is 0 Å². The zero-order chi connectivity index (χ0) is 28.4. The monoisotopic (exact) mass is 585 g/mol. The number of hydrogen-bond acceptors (Lipinski definition) is 5. The summed E-state index contributed by atoms with van der Waals surface area (Å²) in [5, 5.41) is 1.05. The molecule has 8 nitrogen and oxygen atoms in total. The maximum atomic E-state index is 13.7. The molecule has 0 saturated carbocycles. The molecule has 3 saturated heterocycles. The predicted octanol–water partition coefficient (Wildman–Crippen LogP) is 4.38. The van der Waals surface area contributed by atoms with Crippen LogP contribution in [-0.2, 0) is 9.59 Å². The van der Waals surface area contributed by atoms with E-state index < -0.39 is 0 Å². The first kappa shape index (κ1) is 28.8. The molecule has 214 valence electrons. The molecule has 0 spiro atoms. The minimum atomic E-state index is -0.0979. The molecule has 2 unspecified atom stereocenters. The number of halogens is 2. The Hall–Kier alpha value is -2.68. The first-order valence-electron chi connectivity index (χ1n) is 14.2. The van der Waals surface area contributed by atoms with Gasteiger partial charge in [0.1, 0.15) is 0 Å². The number of carbonyl (C=O) groups excluding carboxylic acids is 3. The summed E-state index contributed by atoms with van der Waals surface area (Å²) in [5.41, 5.74) is 2.33. The lowest BCUT2D eigenvalue weighted by Gasteiger charge is -2.34. The van der Waals surface area contributed by atoms with E-state index in [1.807, 2.05) is 39.8 Å². The number of fused-ring (bicyclic) bond motifs is 1. The Labute approximate surface area is 246 Å². The van der Waals surface area contributed by atoms with E-state index in [0.29, 0.717) is 59.9 Å². The average Bonchev–Trinajstić information content (AvgIpc) is 3.51. The van der Waals surface area contributed by atoms with Crippen LogP contribution in [0.5, 0.6) is 0 Å². The molecule has 0 aliphatic carbocycles. The van der Waals surface area contributed by atoms with Gasteiger partial charge in [0.25, 0.3) is 5.91 Å². The van der Waals surface area contributed by atoms with Crippen LogP contribution in [0.25, 0.3) is 0 Å². The Morgan fingerprint density at radius 3 is 2.30 bits per heavy atom. The van der Waals surface area contributed by atoms with Crippen LogP contribution in [-0.4, -0.2) is 89.8 Å². The number of pyridine rings is 1. The van der Waals surface area contributed by atoms with Crippen molar-refractivity contribution in [3.63, 3.8) is 0 Å². The highest BCUT2D eigenvalue weighted by atomic mass is 35.5. The number of hydrogen-bond donors (Lipinski definition) is 0. The van der Waals surface area contributed by atoms with E-state index in [0.717, 1.165) is 50.4 Å². The van der Waals surface area contributed by atoms with Gasteiger partial charge in [-0.1, -0.05) is 29.3 Å². The number of benzene rings is 1. The fraction of sp³-hybridized carbons (Fsp3) is 0.533. The topological polar surface area (TPSA) is 77.1 Å². The largest absolute Gasteiger partial charge is 0.343 e. The minimum Gasteiger partial charge on any atom is -0.343 e. The van der Waals surface area contributed by atoms with Gasteiger partial charge < -0.3 is 19.6 Å². The molecule has 0 radical (unpaired) electrons. The molecule has 1 aromatic heterocycles. The van der Waals surface area contributed by atoms with Gasteiger partial charge in [0, 0.05) is 81.8 Å². The Bertz CT molecular complexity index is 1250. The number of rotatable bonds is 7. The lowest BCUT2D eigenvalue weighted by atomic mass is 9.94. The summed E-state index contributed by atoms with van der Waals surface area (Å²) < 4.78 is 0. The molecule has 5 rings (SSSR count). The van der Waals surface area contributed by atoms with Crippen molar-refractivity contribution in [2.45, 2.75) is 33.1 Å². The number of nitrogens with zero attached hydrogens (tertiary/aromatic N) is 5. The van der Waals surface area contributed by atoms with E-state index in [4.69, 9.17) is 23.2 Å². The molecule has 0 bridgehead atoms. The molecule has 3 amide bonds. The number of anilines is 1. The standard InChI is InChI=1S/C30H37Cl2N5O3/c1-20-4-5-25(14-27(20)31)37(29(39)22-7-12-35(13-8-22)21(2)38)11-3-10-34-16-23-18-36(19-24(23)17-34)30(40)26-6-9-33-15-28(26)32/h4-6,9,14-15,22-24H,3,7-8,10-13,16-19H2,1-2H3. The van der Waals surface area contributed by atoms with E-state index in [2.05, 4.69) is 9.88 Å². The summed E-state index contributed by atoms with van der Waals surface area (Å²) in [6.45, 7) is 9.68. The van der Waals surface area contributed by atoms with Crippen LogP contribution in [0.1, 0.15) is 42.1 Å². The summed E-state index contributed by atoms with van der Waals surface area (Å²) in [7, 11) is 0. The highest BCUT2D eigenvalue weighted by molar-refractivity contribution is 6.33. The second kappa shape index (κ2) is 12.5. The van der Waals surface area contributed by atoms with Crippen molar-refractivity contribution >= 4 is 46.6 Å². The molecular formula is C30H37Cl2N5O3. The SMILES string of the molecule is CC(=O)N1CCC(C(=O)N(CCCN2CC3CN(C(=O)c4ccncc4Cl)CC3C2)c2ccc(C)c(Cl)c2)CC1. The van der Waals surface area contributed by atoms with Gasteiger partial charge in [0.15, 0.2) is 0 Å². The molecule has 3 aliphatic rings. The van der Waals surface area contributed by atoms with Crippen LogP contribution in [0.2, 0.25) is 10.0 Å². The van der Waals surface area contributed by atoms with Crippen molar-refractivity contribution in [2.24, 2.45) is 17.8 Å². The van der Waals surface area contributed by atoms with Gasteiger partial charge in [0.2, 0.25) is 11.8 Å². The molecule has 4 heterocycles. The van der Waals surface area contributed by atoms with Gasteiger partial charge in [0.05, 0.1) is 10.6 Å². The molecule has 0 N–H and O–H groups in total. The first-order chi connectivity index (χ1) is 19.2. The lowest BCUT2D eigenvalue weighted by molar-refractivity contribution is -0.133. The molecule has 3 aliphatic heterocycles. The third-order valence-corrected chi connectivity index (χ3v) is 9.44. The Morgan fingerprint density at radius 2 is 1.68 bits per heavy atom. The van der Waals surface area contributed by atoms with Crippen molar-refractivity contribution in [3.8, 4) is 0 Å². The third kappa shape index (κ3) is 6.29. The van der Waals surface area contributed by atoms with Crippen molar-refractivity contribution < 1.29 is 14.4 Å². The van der Waals surface area contributed by atoms with E-state index in [9.17, 15) is 14.4 Å². The number of carbonyl (C=O) groups is 3. The summed E-state index contributed by atoms with van der Waals surface area (Å²) in [6, 6.07) is 7.52. The zero-order valence-electron chi connectivity index (χ0n) is 23.2. The van der Waals surface area contributed by atoms with Gasteiger partial charge in [-0.05, 0) is 68.3 Å². The highest BCUT2D eigenvalue weighted by Gasteiger charge is 2.42. The van der Waals surface area contributed by atoms with Gasteiger partial charge in [-0.15, -0.1) is 0 Å². The van der Waals surface area contributed by atoms with Crippen molar-refractivity contribution in [3.05, 3.63) is 57.8 Å². The molecule has 10 heteroatoms. The van der Waals surface area contributed by atoms with Gasteiger partial charge in [-0.25, -0.2) is 0 Å². The predicted molar refractivity (Wildman–Crippen MR) is 157 cm³/mol. The fourth-order valence-corrected chi connectivity index (χ4v) is 6.76. The van der Waals surface area contributed by atoms with E-state index >= 15 is 0 Å². The Kier molecular flexibility index (Phi) is 8.98. The van der Waals surface area contributed by atoms with Crippen molar-refractivity contribution in [1.82, 2.24) is 19.7 Å². The molecule has 3 fully saturated rings. The number of aromatic nitrogens is 1. The van der Waals surface area contributed by atoms with Crippen LogP contribution < -0.4 is 4.90 Å². The average molecular weight is 587 g/mol. The van der Waals surface area contributed by atoms with E-state index in [-0.39, 0.29) is 23.6 Å². The summed E-state index contributed by atoms with van der Waals surface area (Å²) in [6.07, 6.45) is 5.33. The van der Waals surface area contributed by atoms with Crippen LogP contribution >= 0.6 is 23.2 Å². The van der Waals surface area contributed by atoms with Crippen LogP contribution in [0.3, 0.4) is 0 Å². The summed E-state index contributed by atoms with van der Waals surface area (Å²) in [4.78, 5) is 50.5. The molecule has 1 aromatic carbocycles. The molecule has 2 atom stereocenters. The summed E-state index contributed by atoms with van der Waals surface area (Å²) >= 11 is 12.7. The van der Waals surface area contributed by atoms with Crippen LogP contribution in [0, 0.1) is 24.7 Å². The van der Waals surface area contributed by atoms with Gasteiger partial charge in [-0.3, -0.25) is 19.4 Å². The quantitative estimate of drug-likeness (QED) is 0.482. The minimum absolute atomic E-state index is 0.0200. The van der Waals surface area contributed by atoms with Crippen LogP contribution in [0.15, 0.2) is 36.7 Å². The lowest BCUT2D eigenvalue weighted by Crippen LogP contribution is -2.44. The van der Waals surface area contributed by atoms with Crippen molar-refractivity contribution in [1.29, 1.82) is 0 Å². The number of amides is 3. The second-order valence-electron chi connectivity index (χ2n) is 11.4. The number of piperidine rings is 1. The highest BCUT2D eigenvalue weighted by Crippen LogP contribution is 2.33. The van der Waals surface area contributed by atoms with E-state index in [1.54, 1.807) is 19.2 Å². The van der Waals surface area contributed by atoms with Gasteiger partial charge in [-0.2, -0.15) is 0 Å². The third-order valence-electron chi connectivity index (χ3n) is 8.73. The maximum absolute atomic E-state index is 13.7. The second-order valence-corrected chi connectivity index (χ2v) is 12.2. The zero-order valence-corrected chi connectivity index (χ0v) is 24.7. The first-order valence-corrected chi connectivity index (χ1v) is 14.9. The van der Waals surface area contributed by atoms with E-state index in [1.165, 1.54) is 6.20 Å².